The van der Waals surface area contributed by atoms with Crippen molar-refractivity contribution < 1.29 is 9.52 Å². The normalized spacial score (nSPS) is 10.7. The number of nitrogens with zero attached hydrogens (tertiary/aromatic N) is 1. The van der Waals surface area contributed by atoms with Crippen molar-refractivity contribution in [2.24, 2.45) is 0 Å². The third-order valence-electron chi connectivity index (χ3n) is 2.76. The van der Waals surface area contributed by atoms with Crippen LogP contribution in [0.2, 0.25) is 0 Å². The molecule has 0 aliphatic heterocycles. The van der Waals surface area contributed by atoms with Crippen LogP contribution in [-0.4, -0.2) is 16.7 Å². The van der Waals surface area contributed by atoms with Gasteiger partial charge in [-0.15, -0.1) is 0 Å². The summed E-state index contributed by atoms with van der Waals surface area (Å²) in [5.74, 6) is 1.58. The van der Waals surface area contributed by atoms with Gasteiger partial charge in [-0.3, -0.25) is 0 Å². The summed E-state index contributed by atoms with van der Waals surface area (Å²) in [4.78, 5) is 4.39. The van der Waals surface area contributed by atoms with E-state index >= 15 is 0 Å². The lowest BCUT2D eigenvalue weighted by atomic mass is 10.1. The summed E-state index contributed by atoms with van der Waals surface area (Å²) in [6.45, 7) is 2.01. The van der Waals surface area contributed by atoms with Crippen LogP contribution < -0.4 is 0 Å². The lowest BCUT2D eigenvalue weighted by Crippen LogP contribution is -1.94. The van der Waals surface area contributed by atoms with Crippen LogP contribution in [0.5, 0.6) is 0 Å². The molecule has 2 rings (SSSR count). The molecule has 1 N–H and O–H groups in total. The molecule has 17 heavy (non-hydrogen) atoms. The highest BCUT2D eigenvalue weighted by Crippen LogP contribution is 2.12. The molecule has 0 atom stereocenters. The maximum Gasteiger partial charge on any atom is 0.194 e. The van der Waals surface area contributed by atoms with E-state index < -0.39 is 0 Å². The third kappa shape index (κ3) is 3.17. The number of aryl methyl sites for hydroxylation is 3. The van der Waals surface area contributed by atoms with Crippen molar-refractivity contribution in [1.82, 2.24) is 4.98 Å². The minimum atomic E-state index is 0.117. The molecular weight excluding hydrogens is 214 g/mol. The van der Waals surface area contributed by atoms with Gasteiger partial charge in [-0.25, -0.2) is 4.98 Å². The van der Waals surface area contributed by atoms with Gasteiger partial charge in [0.25, 0.3) is 0 Å². The van der Waals surface area contributed by atoms with E-state index in [-0.39, 0.29) is 6.61 Å². The molecule has 3 heteroatoms. The summed E-state index contributed by atoms with van der Waals surface area (Å²) in [6.07, 6.45) is 2.30. The standard InChI is InChI=1S/C14H17NO2/c1-11-13(9-10-16)15-14(17-11)8-7-12-5-3-2-4-6-12/h2-6,16H,7-10H2,1H3. The van der Waals surface area contributed by atoms with Crippen LogP contribution in [0, 0.1) is 6.92 Å². The Bertz CT molecular complexity index is 462. The first-order chi connectivity index (χ1) is 8.29. The monoisotopic (exact) mass is 231 g/mol. The lowest BCUT2D eigenvalue weighted by molar-refractivity contribution is 0.297. The number of aromatic nitrogens is 1. The summed E-state index contributed by atoms with van der Waals surface area (Å²) in [5.41, 5.74) is 2.16. The molecular formula is C14H17NO2. The molecule has 0 spiro atoms. The molecule has 3 nitrogen and oxygen atoms in total. The molecule has 90 valence electrons. The molecule has 1 aromatic heterocycles. The van der Waals surface area contributed by atoms with Gasteiger partial charge in [-0.2, -0.15) is 0 Å². The lowest BCUT2D eigenvalue weighted by Gasteiger charge is -1.97. The molecule has 0 radical (unpaired) electrons. The second-order valence-corrected chi connectivity index (χ2v) is 4.07. The predicted octanol–water partition coefficient (Wildman–Crippen LogP) is 2.30. The number of benzene rings is 1. The summed E-state index contributed by atoms with van der Waals surface area (Å²) in [5, 5.41) is 8.88. The zero-order chi connectivity index (χ0) is 12.1. The molecule has 1 heterocycles. The number of hydrogen-bond donors (Lipinski definition) is 1. The first kappa shape index (κ1) is 11.9. The van der Waals surface area contributed by atoms with Crippen LogP contribution in [0.15, 0.2) is 34.7 Å². The minimum absolute atomic E-state index is 0.117. The van der Waals surface area contributed by atoms with Crippen LogP contribution >= 0.6 is 0 Å². The Kier molecular flexibility index (Phi) is 3.94. The molecule has 0 aliphatic carbocycles. The Hall–Kier alpha value is -1.61. The van der Waals surface area contributed by atoms with Crippen LogP contribution in [0.25, 0.3) is 0 Å². The SMILES string of the molecule is Cc1oc(CCc2ccccc2)nc1CCO. The van der Waals surface area contributed by atoms with Gasteiger partial charge in [0.2, 0.25) is 0 Å². The van der Waals surface area contributed by atoms with E-state index in [4.69, 9.17) is 9.52 Å². The molecule has 0 fully saturated rings. The van der Waals surface area contributed by atoms with Crippen LogP contribution in [0.4, 0.5) is 0 Å². The van der Waals surface area contributed by atoms with Crippen LogP contribution in [-0.2, 0) is 19.3 Å². The van der Waals surface area contributed by atoms with Gasteiger partial charge in [-0.1, -0.05) is 30.3 Å². The Morgan fingerprint density at radius 2 is 1.88 bits per heavy atom. The summed E-state index contributed by atoms with van der Waals surface area (Å²) in [7, 11) is 0. The topological polar surface area (TPSA) is 46.3 Å². The number of aliphatic hydroxyl groups is 1. The first-order valence-corrected chi connectivity index (χ1v) is 5.89. The zero-order valence-electron chi connectivity index (χ0n) is 10.0. The summed E-state index contributed by atoms with van der Waals surface area (Å²) in [6, 6.07) is 10.3. The summed E-state index contributed by atoms with van der Waals surface area (Å²) >= 11 is 0. The van der Waals surface area contributed by atoms with Crippen molar-refractivity contribution in [3.63, 3.8) is 0 Å². The van der Waals surface area contributed by atoms with Crippen molar-refractivity contribution >= 4 is 0 Å². The van der Waals surface area contributed by atoms with E-state index in [9.17, 15) is 0 Å². The highest BCUT2D eigenvalue weighted by atomic mass is 16.4. The van der Waals surface area contributed by atoms with E-state index in [2.05, 4.69) is 17.1 Å². The fourth-order valence-corrected chi connectivity index (χ4v) is 1.83. The fourth-order valence-electron chi connectivity index (χ4n) is 1.83. The van der Waals surface area contributed by atoms with Gasteiger partial charge in [0.1, 0.15) is 5.76 Å². The number of oxazole rings is 1. The predicted molar refractivity (Wildman–Crippen MR) is 65.9 cm³/mol. The zero-order valence-corrected chi connectivity index (χ0v) is 10.0. The molecule has 0 saturated heterocycles. The van der Waals surface area contributed by atoms with Gasteiger partial charge >= 0.3 is 0 Å². The van der Waals surface area contributed by atoms with Crippen molar-refractivity contribution in [3.8, 4) is 0 Å². The maximum atomic E-state index is 8.88. The summed E-state index contributed by atoms with van der Waals surface area (Å²) < 4.78 is 5.57. The van der Waals surface area contributed by atoms with E-state index in [0.717, 1.165) is 30.2 Å². The van der Waals surface area contributed by atoms with Crippen LogP contribution in [0.1, 0.15) is 22.9 Å². The molecule has 2 aromatic rings. The second-order valence-electron chi connectivity index (χ2n) is 4.07. The smallest absolute Gasteiger partial charge is 0.194 e. The number of aliphatic hydroxyl groups excluding tert-OH is 1. The largest absolute Gasteiger partial charge is 0.446 e. The Labute approximate surface area is 101 Å². The van der Waals surface area contributed by atoms with E-state index in [1.54, 1.807) is 0 Å². The Morgan fingerprint density at radius 3 is 2.59 bits per heavy atom. The highest BCUT2D eigenvalue weighted by molar-refractivity contribution is 5.16. The van der Waals surface area contributed by atoms with Crippen molar-refractivity contribution in [1.29, 1.82) is 0 Å². The Morgan fingerprint density at radius 1 is 1.12 bits per heavy atom. The third-order valence-corrected chi connectivity index (χ3v) is 2.76. The quantitative estimate of drug-likeness (QED) is 0.858. The van der Waals surface area contributed by atoms with Gasteiger partial charge in [0.05, 0.1) is 5.69 Å². The average Bonchev–Trinajstić information content (AvgIpc) is 2.70. The molecule has 0 aliphatic rings. The maximum absolute atomic E-state index is 8.88. The highest BCUT2D eigenvalue weighted by Gasteiger charge is 2.08. The molecule has 0 bridgehead atoms. The van der Waals surface area contributed by atoms with Crippen molar-refractivity contribution in [2.45, 2.75) is 26.2 Å². The minimum Gasteiger partial charge on any atom is -0.446 e. The molecule has 0 saturated carbocycles. The Balaban J connectivity index is 1.97. The van der Waals surface area contributed by atoms with Crippen molar-refractivity contribution in [3.05, 3.63) is 53.2 Å². The van der Waals surface area contributed by atoms with E-state index in [1.807, 2.05) is 25.1 Å². The van der Waals surface area contributed by atoms with Gasteiger partial charge < -0.3 is 9.52 Å². The first-order valence-electron chi connectivity index (χ1n) is 5.89. The van der Waals surface area contributed by atoms with Gasteiger partial charge in [0.15, 0.2) is 5.89 Å². The van der Waals surface area contributed by atoms with Crippen LogP contribution in [0.3, 0.4) is 0 Å². The van der Waals surface area contributed by atoms with Gasteiger partial charge in [-0.05, 0) is 18.9 Å². The number of rotatable bonds is 5. The van der Waals surface area contributed by atoms with Gasteiger partial charge in [0, 0.05) is 19.4 Å². The second kappa shape index (κ2) is 5.64. The average molecular weight is 231 g/mol. The molecule has 0 unspecified atom stereocenters. The fraction of sp³-hybridized carbons (Fsp3) is 0.357. The molecule has 0 amide bonds. The van der Waals surface area contributed by atoms with E-state index in [1.165, 1.54) is 5.56 Å². The number of hydrogen-bond acceptors (Lipinski definition) is 3. The van der Waals surface area contributed by atoms with E-state index in [0.29, 0.717) is 6.42 Å². The molecule has 1 aromatic carbocycles. The van der Waals surface area contributed by atoms with Crippen molar-refractivity contribution in [2.75, 3.05) is 6.61 Å².